The zero-order valence-corrected chi connectivity index (χ0v) is 16.8. The van der Waals surface area contributed by atoms with Gasteiger partial charge in [-0.1, -0.05) is 11.8 Å². The number of hydrogen-bond acceptors (Lipinski definition) is 9. The maximum absolute atomic E-state index is 12.5. The van der Waals surface area contributed by atoms with Crippen molar-refractivity contribution >= 4 is 39.9 Å². The minimum Gasteiger partial charge on any atom is -0.464 e. The van der Waals surface area contributed by atoms with E-state index in [1.807, 2.05) is 0 Å². The normalized spacial score (nSPS) is 23.3. The summed E-state index contributed by atoms with van der Waals surface area (Å²) < 4.78 is 36.8. The lowest BCUT2D eigenvalue weighted by molar-refractivity contribution is -0.160. The highest BCUT2D eigenvalue weighted by atomic mass is 32.3. The zero-order valence-electron chi connectivity index (χ0n) is 15.1. The van der Waals surface area contributed by atoms with E-state index in [-0.39, 0.29) is 11.6 Å². The van der Waals surface area contributed by atoms with Crippen LogP contribution >= 0.6 is 11.8 Å². The summed E-state index contributed by atoms with van der Waals surface area (Å²) in [6.07, 6.45) is 0.791. The predicted molar refractivity (Wildman–Crippen MR) is 94.8 cm³/mol. The van der Waals surface area contributed by atoms with Crippen molar-refractivity contribution in [1.29, 1.82) is 0 Å². The van der Waals surface area contributed by atoms with Crippen LogP contribution in [-0.2, 0) is 37.9 Å². The van der Waals surface area contributed by atoms with Gasteiger partial charge in [-0.05, 0) is 12.3 Å². The molecule has 0 aromatic heterocycles. The van der Waals surface area contributed by atoms with E-state index in [9.17, 15) is 22.8 Å². The molecule has 1 N–H and O–H groups in total. The lowest BCUT2D eigenvalue weighted by atomic mass is 9.83. The number of rotatable bonds is 8. The number of thioether (sulfide) groups is 1. The molecular formula is C15H20N2O8S2. The van der Waals surface area contributed by atoms with Crippen LogP contribution in [0.5, 0.6) is 0 Å². The first-order valence-corrected chi connectivity index (χ1v) is 10.1. The maximum Gasteiger partial charge on any atom is 0.399 e. The molecule has 0 aromatic rings. The summed E-state index contributed by atoms with van der Waals surface area (Å²) in [5, 5.41) is 4.04. The Bertz CT molecular complexity index is 805. The Labute approximate surface area is 161 Å². The Morgan fingerprint density at radius 3 is 2.59 bits per heavy atom. The van der Waals surface area contributed by atoms with Crippen molar-refractivity contribution in [2.24, 2.45) is 5.92 Å². The van der Waals surface area contributed by atoms with E-state index < -0.39 is 40.3 Å². The summed E-state index contributed by atoms with van der Waals surface area (Å²) in [6.45, 7) is 2.81. The summed E-state index contributed by atoms with van der Waals surface area (Å²) in [5.74, 6) is -2.09. The lowest BCUT2D eigenvalue weighted by Crippen LogP contribution is -2.62. The molecule has 0 bridgehead atoms. The first kappa shape index (κ1) is 21.4. The second-order valence-corrected chi connectivity index (χ2v) is 8.11. The highest BCUT2D eigenvalue weighted by Gasteiger charge is 2.58. The van der Waals surface area contributed by atoms with Crippen LogP contribution in [0, 0.1) is 5.92 Å². The fourth-order valence-corrected chi connectivity index (χ4v) is 4.39. The van der Waals surface area contributed by atoms with Gasteiger partial charge in [0.2, 0.25) is 11.8 Å². The van der Waals surface area contributed by atoms with Gasteiger partial charge in [-0.3, -0.25) is 13.8 Å². The molecule has 2 heterocycles. The number of ether oxygens (including phenoxy) is 1. The number of nitrogens with zero attached hydrogens (tertiary/aromatic N) is 1. The van der Waals surface area contributed by atoms with Gasteiger partial charge in [0.15, 0.2) is 0 Å². The third-order valence-corrected chi connectivity index (χ3v) is 5.96. The van der Waals surface area contributed by atoms with Crippen LogP contribution in [0.15, 0.2) is 22.2 Å². The van der Waals surface area contributed by atoms with E-state index in [0.717, 1.165) is 18.9 Å². The largest absolute Gasteiger partial charge is 0.464 e. The van der Waals surface area contributed by atoms with Gasteiger partial charge in [0.1, 0.15) is 5.70 Å². The van der Waals surface area contributed by atoms with Crippen LogP contribution < -0.4 is 5.32 Å². The Hall–Kier alpha value is -1.89. The van der Waals surface area contributed by atoms with E-state index in [1.165, 1.54) is 32.1 Å². The third-order valence-electron chi connectivity index (χ3n) is 4.09. The van der Waals surface area contributed by atoms with Gasteiger partial charge in [-0.2, -0.15) is 8.42 Å². The van der Waals surface area contributed by atoms with Crippen molar-refractivity contribution in [3.63, 3.8) is 0 Å². The van der Waals surface area contributed by atoms with Crippen molar-refractivity contribution < 1.29 is 35.9 Å². The number of amides is 2. The molecule has 1 saturated heterocycles. The summed E-state index contributed by atoms with van der Waals surface area (Å²) >= 11 is 1.16. The van der Waals surface area contributed by atoms with Gasteiger partial charge in [-0.15, -0.1) is 0 Å². The molecule has 150 valence electrons. The van der Waals surface area contributed by atoms with E-state index in [1.54, 1.807) is 5.41 Å². The molecule has 10 nitrogen and oxygen atoms in total. The standard InChI is InChI=1S/C15H20N2O8S2/c1-8(25-27(21,22)24-4)12-10-7-11(26-6-5-16-9(2)18)13(15(20)23-3)17(10)14(12)19/h5-6,8,10,12H,7H2,1-4H3,(H,16,18)/t8-,10+,12-/m0/s1. The lowest BCUT2D eigenvalue weighted by Gasteiger charge is -2.45. The molecule has 27 heavy (non-hydrogen) atoms. The van der Waals surface area contributed by atoms with Crippen molar-refractivity contribution in [3.05, 3.63) is 22.2 Å². The van der Waals surface area contributed by atoms with E-state index in [4.69, 9.17) is 8.92 Å². The Morgan fingerprint density at radius 1 is 1.37 bits per heavy atom. The van der Waals surface area contributed by atoms with Gasteiger partial charge >= 0.3 is 16.4 Å². The van der Waals surface area contributed by atoms with Gasteiger partial charge in [-0.25, -0.2) is 8.98 Å². The molecule has 0 radical (unpaired) electrons. The van der Waals surface area contributed by atoms with Crippen LogP contribution in [0.1, 0.15) is 20.3 Å². The molecule has 3 atom stereocenters. The van der Waals surface area contributed by atoms with Crippen LogP contribution in [-0.4, -0.2) is 57.5 Å². The molecule has 0 aliphatic carbocycles. The highest BCUT2D eigenvalue weighted by molar-refractivity contribution is 8.05. The fraction of sp³-hybridized carbons (Fsp3) is 0.533. The van der Waals surface area contributed by atoms with E-state index in [2.05, 4.69) is 9.50 Å². The number of carbonyl (C=O) groups is 3. The molecule has 2 rings (SSSR count). The minimum absolute atomic E-state index is 0.114. The number of fused-ring (bicyclic) bond motifs is 1. The van der Waals surface area contributed by atoms with Crippen molar-refractivity contribution in [1.82, 2.24) is 10.2 Å². The predicted octanol–water partition coefficient (Wildman–Crippen LogP) is 0.238. The third kappa shape index (κ3) is 4.51. The van der Waals surface area contributed by atoms with Crippen molar-refractivity contribution in [2.45, 2.75) is 32.4 Å². The molecule has 2 amide bonds. The molecule has 0 saturated carbocycles. The summed E-state index contributed by atoms with van der Waals surface area (Å²) in [5.41, 5.74) is 0.114. The number of methoxy groups -OCH3 is 1. The first-order valence-electron chi connectivity index (χ1n) is 7.85. The Balaban J connectivity index is 2.17. The van der Waals surface area contributed by atoms with Crippen LogP contribution in [0.4, 0.5) is 0 Å². The molecule has 0 aromatic carbocycles. The minimum atomic E-state index is -4.20. The van der Waals surface area contributed by atoms with Crippen LogP contribution in [0.25, 0.3) is 0 Å². The smallest absolute Gasteiger partial charge is 0.399 e. The summed E-state index contributed by atoms with van der Waals surface area (Å²) in [7, 11) is -2.04. The van der Waals surface area contributed by atoms with Crippen LogP contribution in [0.2, 0.25) is 0 Å². The van der Waals surface area contributed by atoms with E-state index >= 15 is 0 Å². The van der Waals surface area contributed by atoms with Gasteiger partial charge in [0, 0.05) is 24.4 Å². The monoisotopic (exact) mass is 420 g/mol. The van der Waals surface area contributed by atoms with E-state index in [0.29, 0.717) is 11.3 Å². The molecule has 2 aliphatic rings. The Kier molecular flexibility index (Phi) is 6.68. The molecule has 1 fully saturated rings. The topological polar surface area (TPSA) is 128 Å². The average Bonchev–Trinajstić information content (AvgIpc) is 2.91. The molecule has 2 aliphatic heterocycles. The fourth-order valence-electron chi connectivity index (χ4n) is 2.96. The number of hydrogen-bond donors (Lipinski definition) is 1. The number of β-lactam (4-membered cyclic amide) rings is 1. The molecular weight excluding hydrogens is 400 g/mol. The summed E-state index contributed by atoms with van der Waals surface area (Å²) in [6, 6.07) is -0.426. The highest BCUT2D eigenvalue weighted by Crippen LogP contribution is 2.48. The quantitative estimate of drug-likeness (QED) is 0.434. The van der Waals surface area contributed by atoms with Crippen LogP contribution in [0.3, 0.4) is 0 Å². The Morgan fingerprint density at radius 2 is 2.04 bits per heavy atom. The molecule has 0 unspecified atom stereocenters. The molecule has 0 spiro atoms. The van der Waals surface area contributed by atoms with Crippen molar-refractivity contribution in [3.8, 4) is 0 Å². The maximum atomic E-state index is 12.5. The van der Waals surface area contributed by atoms with Crippen molar-refractivity contribution in [2.75, 3.05) is 14.2 Å². The zero-order chi connectivity index (χ0) is 20.4. The van der Waals surface area contributed by atoms with Gasteiger partial charge < -0.3 is 15.0 Å². The van der Waals surface area contributed by atoms with Gasteiger partial charge in [0.05, 0.1) is 32.3 Å². The summed E-state index contributed by atoms with van der Waals surface area (Å²) in [4.78, 5) is 37.4. The number of carbonyl (C=O) groups excluding carboxylic acids is 3. The first-order chi connectivity index (χ1) is 12.6. The molecule has 12 heteroatoms. The number of nitrogens with one attached hydrogen (secondary N) is 1. The average molecular weight is 420 g/mol. The number of esters is 1. The SMILES string of the molecule is COC(=O)C1=C(SC=CNC(C)=O)C[C@@H]2[C@H]([C@H](C)OS(=O)(=O)OC)C(=O)N12. The second kappa shape index (κ2) is 8.42. The van der Waals surface area contributed by atoms with Gasteiger partial charge in [0.25, 0.3) is 0 Å². The second-order valence-electron chi connectivity index (χ2n) is 5.77.